The van der Waals surface area contributed by atoms with Gasteiger partial charge in [0, 0.05) is 24.3 Å². The predicted molar refractivity (Wildman–Crippen MR) is 111 cm³/mol. The molecule has 0 aliphatic rings. The number of carbonyl (C=O) groups is 1. The Bertz CT molecular complexity index is 856. The van der Waals surface area contributed by atoms with Gasteiger partial charge in [-0.3, -0.25) is 9.52 Å². The summed E-state index contributed by atoms with van der Waals surface area (Å²) in [5.41, 5.74) is 0.953. The molecule has 0 spiro atoms. The van der Waals surface area contributed by atoms with Crippen LogP contribution in [0.1, 0.15) is 44.0 Å². The smallest absolute Gasteiger partial charge is 0.261 e. The van der Waals surface area contributed by atoms with Gasteiger partial charge in [-0.05, 0) is 68.3 Å². The van der Waals surface area contributed by atoms with E-state index in [4.69, 9.17) is 4.74 Å². The summed E-state index contributed by atoms with van der Waals surface area (Å²) in [6.07, 6.45) is 1.79. The van der Waals surface area contributed by atoms with Gasteiger partial charge < -0.3 is 9.64 Å². The Morgan fingerprint density at radius 3 is 2.00 bits per heavy atom. The molecule has 7 heteroatoms. The molecule has 1 N–H and O–H groups in total. The maximum atomic E-state index is 12.6. The minimum absolute atomic E-state index is 0.0374. The average Bonchev–Trinajstić information content (AvgIpc) is 2.68. The topological polar surface area (TPSA) is 75.7 Å². The van der Waals surface area contributed by atoms with Gasteiger partial charge in [-0.1, -0.05) is 13.8 Å². The third-order valence-corrected chi connectivity index (χ3v) is 5.50. The van der Waals surface area contributed by atoms with Crippen LogP contribution in [-0.2, 0) is 10.0 Å². The number of nitrogens with zero attached hydrogens (tertiary/aromatic N) is 1. The fraction of sp³-hybridized carbons (Fsp3) is 0.381. The van der Waals surface area contributed by atoms with E-state index in [2.05, 4.69) is 4.72 Å². The lowest BCUT2D eigenvalue weighted by atomic mass is 10.1. The standard InChI is InChI=1S/C21H28N2O4S/c1-4-15-23(16-5-2)21(24)17-7-9-18(10-8-17)22-28(25,26)20-13-11-19(12-14-20)27-6-3/h7-14,22H,4-6,15-16H2,1-3H3. The number of amides is 1. The lowest BCUT2D eigenvalue weighted by Crippen LogP contribution is -2.32. The van der Waals surface area contributed by atoms with Crippen molar-refractivity contribution in [3.63, 3.8) is 0 Å². The van der Waals surface area contributed by atoms with Crippen molar-refractivity contribution in [2.75, 3.05) is 24.4 Å². The zero-order chi connectivity index (χ0) is 20.6. The number of sulfonamides is 1. The molecule has 0 saturated carbocycles. The Hall–Kier alpha value is -2.54. The number of carbonyl (C=O) groups excluding carboxylic acids is 1. The van der Waals surface area contributed by atoms with Gasteiger partial charge in [0.05, 0.1) is 11.5 Å². The molecule has 0 atom stereocenters. The molecule has 152 valence electrons. The van der Waals surface area contributed by atoms with E-state index in [1.54, 1.807) is 36.4 Å². The molecule has 0 heterocycles. The number of anilines is 1. The molecule has 0 radical (unpaired) electrons. The van der Waals surface area contributed by atoms with Crippen LogP contribution in [0.3, 0.4) is 0 Å². The van der Waals surface area contributed by atoms with Gasteiger partial charge in [0.1, 0.15) is 5.75 Å². The second-order valence-corrected chi connectivity index (χ2v) is 8.06. The minimum atomic E-state index is -3.71. The first-order valence-corrected chi connectivity index (χ1v) is 11.0. The van der Waals surface area contributed by atoms with Crippen LogP contribution in [0.15, 0.2) is 53.4 Å². The van der Waals surface area contributed by atoms with Crippen LogP contribution < -0.4 is 9.46 Å². The molecule has 6 nitrogen and oxygen atoms in total. The zero-order valence-electron chi connectivity index (χ0n) is 16.6. The van der Waals surface area contributed by atoms with E-state index in [-0.39, 0.29) is 10.8 Å². The van der Waals surface area contributed by atoms with Crippen molar-refractivity contribution in [3.8, 4) is 5.75 Å². The fourth-order valence-corrected chi connectivity index (χ4v) is 3.87. The highest BCUT2D eigenvalue weighted by Gasteiger charge is 2.16. The Morgan fingerprint density at radius 1 is 0.929 bits per heavy atom. The van der Waals surface area contributed by atoms with Gasteiger partial charge in [0.2, 0.25) is 0 Å². The third-order valence-electron chi connectivity index (χ3n) is 4.10. The van der Waals surface area contributed by atoms with Crippen molar-refractivity contribution in [2.45, 2.75) is 38.5 Å². The van der Waals surface area contributed by atoms with Crippen molar-refractivity contribution >= 4 is 21.6 Å². The highest BCUT2D eigenvalue weighted by Crippen LogP contribution is 2.20. The summed E-state index contributed by atoms with van der Waals surface area (Å²) in [6, 6.07) is 12.8. The summed E-state index contributed by atoms with van der Waals surface area (Å²) >= 11 is 0. The monoisotopic (exact) mass is 404 g/mol. The number of nitrogens with one attached hydrogen (secondary N) is 1. The number of hydrogen-bond donors (Lipinski definition) is 1. The summed E-state index contributed by atoms with van der Waals surface area (Å²) in [5.74, 6) is 0.581. The summed E-state index contributed by atoms with van der Waals surface area (Å²) in [5, 5.41) is 0. The highest BCUT2D eigenvalue weighted by molar-refractivity contribution is 7.92. The van der Waals surface area contributed by atoms with Crippen molar-refractivity contribution in [3.05, 3.63) is 54.1 Å². The van der Waals surface area contributed by atoms with Gasteiger partial charge in [0.25, 0.3) is 15.9 Å². The molecule has 2 rings (SSSR count). The first-order chi connectivity index (χ1) is 13.4. The number of rotatable bonds is 10. The van der Waals surface area contributed by atoms with Crippen molar-refractivity contribution < 1.29 is 17.9 Å². The largest absolute Gasteiger partial charge is 0.494 e. The molecule has 2 aromatic carbocycles. The summed E-state index contributed by atoms with van der Waals surface area (Å²) in [4.78, 5) is 14.6. The average molecular weight is 405 g/mol. The summed E-state index contributed by atoms with van der Waals surface area (Å²) < 4.78 is 33.0. The maximum absolute atomic E-state index is 12.6. The van der Waals surface area contributed by atoms with Crippen LogP contribution in [-0.4, -0.2) is 38.9 Å². The molecule has 28 heavy (non-hydrogen) atoms. The fourth-order valence-electron chi connectivity index (χ4n) is 2.81. The second kappa shape index (κ2) is 10.1. The number of benzene rings is 2. The molecule has 0 aromatic heterocycles. The maximum Gasteiger partial charge on any atom is 0.261 e. The van der Waals surface area contributed by atoms with E-state index in [1.165, 1.54) is 12.1 Å². The van der Waals surface area contributed by atoms with Crippen LogP contribution in [0.4, 0.5) is 5.69 Å². The first kappa shape index (κ1) is 21.8. The van der Waals surface area contributed by atoms with E-state index >= 15 is 0 Å². The molecule has 0 bridgehead atoms. The lowest BCUT2D eigenvalue weighted by Gasteiger charge is -2.21. The zero-order valence-corrected chi connectivity index (χ0v) is 17.5. The normalized spacial score (nSPS) is 11.1. The van der Waals surface area contributed by atoms with E-state index in [9.17, 15) is 13.2 Å². The summed E-state index contributed by atoms with van der Waals surface area (Å²) in [7, 11) is -3.71. The van der Waals surface area contributed by atoms with E-state index < -0.39 is 10.0 Å². The predicted octanol–water partition coefficient (Wildman–Crippen LogP) is 4.15. The van der Waals surface area contributed by atoms with E-state index in [0.29, 0.717) is 36.7 Å². The van der Waals surface area contributed by atoms with Gasteiger partial charge in [-0.2, -0.15) is 0 Å². The van der Waals surface area contributed by atoms with Crippen molar-refractivity contribution in [1.82, 2.24) is 4.90 Å². The van der Waals surface area contributed by atoms with Gasteiger partial charge in [-0.15, -0.1) is 0 Å². The molecule has 2 aromatic rings. The van der Waals surface area contributed by atoms with E-state index in [1.807, 2.05) is 25.7 Å². The van der Waals surface area contributed by atoms with Crippen molar-refractivity contribution in [2.24, 2.45) is 0 Å². The second-order valence-electron chi connectivity index (χ2n) is 6.38. The highest BCUT2D eigenvalue weighted by atomic mass is 32.2. The van der Waals surface area contributed by atoms with Gasteiger partial charge >= 0.3 is 0 Å². The lowest BCUT2D eigenvalue weighted by molar-refractivity contribution is 0.0755. The molecular weight excluding hydrogens is 376 g/mol. The Labute approximate surface area is 167 Å². The Balaban J connectivity index is 2.11. The molecule has 0 saturated heterocycles. The third kappa shape index (κ3) is 5.73. The number of hydrogen-bond acceptors (Lipinski definition) is 4. The van der Waals surface area contributed by atoms with Crippen molar-refractivity contribution in [1.29, 1.82) is 0 Å². The first-order valence-electron chi connectivity index (χ1n) is 9.56. The SMILES string of the molecule is CCCN(CCC)C(=O)c1ccc(NS(=O)(=O)c2ccc(OCC)cc2)cc1. The molecule has 0 fully saturated rings. The summed E-state index contributed by atoms with van der Waals surface area (Å²) in [6.45, 7) is 7.87. The van der Waals surface area contributed by atoms with Crippen LogP contribution in [0.2, 0.25) is 0 Å². The molecule has 0 unspecified atom stereocenters. The van der Waals surface area contributed by atoms with Gasteiger partial charge in [0.15, 0.2) is 0 Å². The van der Waals surface area contributed by atoms with Crippen LogP contribution in [0.25, 0.3) is 0 Å². The van der Waals surface area contributed by atoms with E-state index in [0.717, 1.165) is 12.8 Å². The van der Waals surface area contributed by atoms with Crippen LogP contribution >= 0.6 is 0 Å². The Morgan fingerprint density at radius 2 is 1.50 bits per heavy atom. The van der Waals surface area contributed by atoms with Crippen LogP contribution in [0.5, 0.6) is 5.75 Å². The Kier molecular flexibility index (Phi) is 7.87. The van der Waals surface area contributed by atoms with Crippen LogP contribution in [0, 0.1) is 0 Å². The molecule has 0 aliphatic carbocycles. The minimum Gasteiger partial charge on any atom is -0.494 e. The molecular formula is C21H28N2O4S. The quantitative estimate of drug-likeness (QED) is 0.645. The number of ether oxygens (including phenoxy) is 1. The molecule has 0 aliphatic heterocycles. The van der Waals surface area contributed by atoms with Gasteiger partial charge in [-0.25, -0.2) is 8.42 Å². The molecule has 1 amide bonds.